The van der Waals surface area contributed by atoms with E-state index < -0.39 is 17.7 Å². The van der Waals surface area contributed by atoms with Crippen LogP contribution in [0.15, 0.2) is 66.5 Å². The number of Topliss-reactive ketones (excluding diaryl/α,β-unsaturated/α-hetero) is 1. The van der Waals surface area contributed by atoms with Gasteiger partial charge in [0.2, 0.25) is 5.75 Å². The Kier molecular flexibility index (Phi) is 6.73. The standard InChI is InChI=1S/C27H26N2O6/c1-16-7-9-18(10-8-16)24(30)22-23(19-12-20(33-2)26(35-4)21(13-19)34-3)29(27(32)25(22)31)15-17-6-5-11-28-14-17/h5-14,23,30H,15H2,1-4H3. The average molecular weight is 475 g/mol. The molecule has 0 aliphatic carbocycles. The topological polar surface area (TPSA) is 98.2 Å². The number of amides is 1. The highest BCUT2D eigenvalue weighted by Crippen LogP contribution is 2.46. The summed E-state index contributed by atoms with van der Waals surface area (Å²) >= 11 is 0. The van der Waals surface area contributed by atoms with E-state index in [1.54, 1.807) is 42.7 Å². The van der Waals surface area contributed by atoms with Crippen LogP contribution in [0.3, 0.4) is 0 Å². The molecule has 1 aromatic heterocycles. The van der Waals surface area contributed by atoms with Gasteiger partial charge in [-0.15, -0.1) is 0 Å². The highest BCUT2D eigenvalue weighted by molar-refractivity contribution is 6.46. The van der Waals surface area contributed by atoms with Crippen molar-refractivity contribution in [3.8, 4) is 17.2 Å². The van der Waals surface area contributed by atoms with E-state index in [0.717, 1.165) is 11.1 Å². The van der Waals surface area contributed by atoms with Gasteiger partial charge in [0.05, 0.1) is 32.9 Å². The molecule has 1 atom stereocenters. The Hall–Kier alpha value is -4.33. The number of hydrogen-bond donors (Lipinski definition) is 1. The van der Waals surface area contributed by atoms with Crippen LogP contribution in [0.5, 0.6) is 17.2 Å². The lowest BCUT2D eigenvalue weighted by atomic mass is 9.94. The van der Waals surface area contributed by atoms with Crippen LogP contribution >= 0.6 is 0 Å². The number of aliphatic hydroxyl groups excluding tert-OH is 1. The van der Waals surface area contributed by atoms with Crippen LogP contribution in [0, 0.1) is 6.92 Å². The highest BCUT2D eigenvalue weighted by Gasteiger charge is 2.46. The molecule has 8 heteroatoms. The van der Waals surface area contributed by atoms with Gasteiger partial charge in [-0.25, -0.2) is 0 Å². The number of likely N-dealkylation sites (tertiary alicyclic amines) is 1. The van der Waals surface area contributed by atoms with E-state index in [-0.39, 0.29) is 17.9 Å². The van der Waals surface area contributed by atoms with Gasteiger partial charge in [-0.2, -0.15) is 0 Å². The number of aromatic nitrogens is 1. The number of aryl methyl sites for hydroxylation is 1. The molecule has 180 valence electrons. The minimum absolute atomic E-state index is 0.0167. The maximum atomic E-state index is 13.3. The Bertz CT molecular complexity index is 1260. The first-order valence-corrected chi connectivity index (χ1v) is 10.9. The van der Waals surface area contributed by atoms with Gasteiger partial charge >= 0.3 is 0 Å². The average Bonchev–Trinajstić information content (AvgIpc) is 3.13. The van der Waals surface area contributed by atoms with E-state index in [2.05, 4.69) is 4.98 Å². The lowest BCUT2D eigenvalue weighted by Gasteiger charge is -2.26. The predicted molar refractivity (Wildman–Crippen MR) is 129 cm³/mol. The maximum Gasteiger partial charge on any atom is 0.295 e. The van der Waals surface area contributed by atoms with Gasteiger partial charge in [-0.1, -0.05) is 35.9 Å². The van der Waals surface area contributed by atoms with Gasteiger partial charge < -0.3 is 24.2 Å². The molecule has 1 fully saturated rings. The van der Waals surface area contributed by atoms with Gasteiger partial charge in [-0.05, 0) is 36.2 Å². The Balaban J connectivity index is 1.94. The van der Waals surface area contributed by atoms with E-state index >= 15 is 0 Å². The number of ketones is 1. The number of carbonyl (C=O) groups is 2. The molecular formula is C27H26N2O6. The number of aliphatic hydroxyl groups is 1. The Labute approximate surface area is 203 Å². The molecule has 0 bridgehead atoms. The predicted octanol–water partition coefficient (Wildman–Crippen LogP) is 4.04. The number of benzene rings is 2. The molecular weight excluding hydrogens is 448 g/mol. The maximum absolute atomic E-state index is 13.3. The second-order valence-electron chi connectivity index (χ2n) is 8.11. The van der Waals surface area contributed by atoms with Crippen molar-refractivity contribution in [2.24, 2.45) is 0 Å². The van der Waals surface area contributed by atoms with Crippen LogP contribution in [-0.4, -0.2) is 48.0 Å². The Morgan fingerprint density at radius 1 is 1.00 bits per heavy atom. The molecule has 4 rings (SSSR count). The molecule has 3 aromatic rings. The van der Waals surface area contributed by atoms with Crippen molar-refractivity contribution in [1.29, 1.82) is 0 Å². The van der Waals surface area contributed by atoms with Gasteiger partial charge in [0, 0.05) is 24.5 Å². The third-order valence-electron chi connectivity index (χ3n) is 5.94. The van der Waals surface area contributed by atoms with Crippen molar-refractivity contribution < 1.29 is 28.9 Å². The van der Waals surface area contributed by atoms with E-state index in [1.807, 2.05) is 25.1 Å². The molecule has 1 aliphatic rings. The number of pyridine rings is 1. The fourth-order valence-corrected chi connectivity index (χ4v) is 4.20. The van der Waals surface area contributed by atoms with Crippen molar-refractivity contribution in [2.75, 3.05) is 21.3 Å². The fraction of sp³-hybridized carbons (Fsp3) is 0.222. The minimum Gasteiger partial charge on any atom is -0.507 e. The Morgan fingerprint density at radius 2 is 1.66 bits per heavy atom. The zero-order valence-corrected chi connectivity index (χ0v) is 19.9. The van der Waals surface area contributed by atoms with E-state index in [1.165, 1.54) is 26.2 Å². The summed E-state index contributed by atoms with van der Waals surface area (Å²) in [6, 6.07) is 13.1. The molecule has 1 aliphatic heterocycles. The van der Waals surface area contributed by atoms with Crippen molar-refractivity contribution in [3.05, 3.63) is 88.8 Å². The molecule has 0 spiro atoms. The summed E-state index contributed by atoms with van der Waals surface area (Å²) in [5.41, 5.74) is 2.68. The third-order valence-corrected chi connectivity index (χ3v) is 5.94. The normalized spacial score (nSPS) is 16.9. The lowest BCUT2D eigenvalue weighted by Crippen LogP contribution is -2.29. The molecule has 2 heterocycles. The second kappa shape index (κ2) is 9.89. The summed E-state index contributed by atoms with van der Waals surface area (Å²) in [7, 11) is 4.46. The number of nitrogens with zero attached hydrogens (tertiary/aromatic N) is 2. The largest absolute Gasteiger partial charge is 0.507 e. The van der Waals surface area contributed by atoms with E-state index in [4.69, 9.17) is 14.2 Å². The van der Waals surface area contributed by atoms with E-state index in [9.17, 15) is 14.7 Å². The molecule has 1 saturated heterocycles. The highest BCUT2D eigenvalue weighted by atomic mass is 16.5. The van der Waals surface area contributed by atoms with Crippen molar-refractivity contribution >= 4 is 17.4 Å². The molecule has 1 amide bonds. The Morgan fingerprint density at radius 3 is 2.20 bits per heavy atom. The molecule has 2 aromatic carbocycles. The molecule has 1 unspecified atom stereocenters. The SMILES string of the molecule is COc1cc(C2C(=C(O)c3ccc(C)cc3)C(=O)C(=O)N2Cc2cccnc2)cc(OC)c1OC. The van der Waals surface area contributed by atoms with Crippen LogP contribution in [0.4, 0.5) is 0 Å². The van der Waals surface area contributed by atoms with Crippen LogP contribution in [0.2, 0.25) is 0 Å². The van der Waals surface area contributed by atoms with Gasteiger partial charge in [-0.3, -0.25) is 14.6 Å². The van der Waals surface area contributed by atoms with Crippen LogP contribution in [0.1, 0.15) is 28.3 Å². The monoisotopic (exact) mass is 474 g/mol. The number of hydrogen-bond acceptors (Lipinski definition) is 7. The first-order valence-electron chi connectivity index (χ1n) is 10.9. The zero-order valence-electron chi connectivity index (χ0n) is 19.9. The van der Waals surface area contributed by atoms with Crippen LogP contribution in [-0.2, 0) is 16.1 Å². The number of rotatable bonds is 7. The fourth-order valence-electron chi connectivity index (χ4n) is 4.20. The molecule has 8 nitrogen and oxygen atoms in total. The summed E-state index contributed by atoms with van der Waals surface area (Å²) in [6.45, 7) is 2.04. The van der Waals surface area contributed by atoms with Gasteiger partial charge in [0.1, 0.15) is 5.76 Å². The third kappa shape index (κ3) is 4.42. The first-order chi connectivity index (χ1) is 16.9. The van der Waals surface area contributed by atoms with E-state index in [0.29, 0.717) is 28.4 Å². The lowest BCUT2D eigenvalue weighted by molar-refractivity contribution is -0.140. The summed E-state index contributed by atoms with van der Waals surface area (Å²) < 4.78 is 16.4. The molecule has 35 heavy (non-hydrogen) atoms. The summed E-state index contributed by atoms with van der Waals surface area (Å²) in [6.07, 6.45) is 3.26. The first kappa shape index (κ1) is 23.8. The van der Waals surface area contributed by atoms with Gasteiger partial charge in [0.25, 0.3) is 11.7 Å². The summed E-state index contributed by atoms with van der Waals surface area (Å²) in [5.74, 6) is -0.641. The minimum atomic E-state index is -0.898. The zero-order chi connectivity index (χ0) is 25.1. The van der Waals surface area contributed by atoms with Crippen molar-refractivity contribution in [1.82, 2.24) is 9.88 Å². The molecule has 1 N–H and O–H groups in total. The quantitative estimate of drug-likeness (QED) is 0.314. The summed E-state index contributed by atoms with van der Waals surface area (Å²) in [5, 5.41) is 11.2. The number of ether oxygens (including phenoxy) is 3. The van der Waals surface area contributed by atoms with Crippen molar-refractivity contribution in [2.45, 2.75) is 19.5 Å². The van der Waals surface area contributed by atoms with Crippen LogP contribution < -0.4 is 14.2 Å². The summed E-state index contributed by atoms with van der Waals surface area (Å²) in [4.78, 5) is 32.1. The number of carbonyl (C=O) groups excluding carboxylic acids is 2. The van der Waals surface area contributed by atoms with Gasteiger partial charge in [0.15, 0.2) is 11.5 Å². The van der Waals surface area contributed by atoms with Crippen molar-refractivity contribution in [3.63, 3.8) is 0 Å². The smallest absolute Gasteiger partial charge is 0.295 e. The molecule has 0 radical (unpaired) electrons. The van der Waals surface area contributed by atoms with Crippen LogP contribution in [0.25, 0.3) is 5.76 Å². The second-order valence-corrected chi connectivity index (χ2v) is 8.11. The number of methoxy groups -OCH3 is 3. The molecule has 0 saturated carbocycles.